The van der Waals surface area contributed by atoms with Crippen molar-refractivity contribution in [1.82, 2.24) is 15.1 Å². The largest absolute Gasteiger partial charge is 0.314 e. The van der Waals surface area contributed by atoms with Crippen molar-refractivity contribution in [2.24, 2.45) is 7.05 Å². The Balaban J connectivity index is 2.09. The lowest BCUT2D eigenvalue weighted by atomic mass is 10.1. The van der Waals surface area contributed by atoms with E-state index in [4.69, 9.17) is 0 Å². The molecule has 0 bridgehead atoms. The number of hydrogen-bond donors (Lipinski definition) is 1. The van der Waals surface area contributed by atoms with Gasteiger partial charge in [0.2, 0.25) is 0 Å². The van der Waals surface area contributed by atoms with Crippen molar-refractivity contribution in [2.75, 3.05) is 6.54 Å². The first kappa shape index (κ1) is 13.1. The third-order valence-electron chi connectivity index (χ3n) is 3.61. The van der Waals surface area contributed by atoms with Crippen molar-refractivity contribution in [3.8, 4) is 0 Å². The standard InChI is InChI=1S/C13H22BrN3/c1-3-11-13(14)12(17(2)16-11)9-10-7-5-4-6-8-15-10/h10,15H,3-9H2,1-2H3. The van der Waals surface area contributed by atoms with Crippen LogP contribution in [0.25, 0.3) is 0 Å². The third kappa shape index (κ3) is 3.10. The van der Waals surface area contributed by atoms with Crippen LogP contribution in [0.1, 0.15) is 44.0 Å². The zero-order valence-electron chi connectivity index (χ0n) is 10.8. The summed E-state index contributed by atoms with van der Waals surface area (Å²) < 4.78 is 3.25. The fourth-order valence-corrected chi connectivity index (χ4v) is 3.33. The summed E-state index contributed by atoms with van der Waals surface area (Å²) >= 11 is 3.70. The van der Waals surface area contributed by atoms with Gasteiger partial charge < -0.3 is 5.32 Å². The molecule has 2 heterocycles. The van der Waals surface area contributed by atoms with Gasteiger partial charge in [-0.05, 0) is 41.7 Å². The summed E-state index contributed by atoms with van der Waals surface area (Å²) in [5.74, 6) is 0. The molecule has 96 valence electrons. The number of rotatable bonds is 3. The molecule has 1 atom stereocenters. The van der Waals surface area contributed by atoms with Crippen molar-refractivity contribution in [2.45, 2.75) is 51.5 Å². The van der Waals surface area contributed by atoms with Crippen molar-refractivity contribution in [1.29, 1.82) is 0 Å². The van der Waals surface area contributed by atoms with Crippen LogP contribution in [0.3, 0.4) is 0 Å². The van der Waals surface area contributed by atoms with E-state index >= 15 is 0 Å². The van der Waals surface area contributed by atoms with Gasteiger partial charge in [-0.3, -0.25) is 4.68 Å². The van der Waals surface area contributed by atoms with E-state index in [9.17, 15) is 0 Å². The molecule has 1 fully saturated rings. The Morgan fingerprint density at radius 3 is 2.94 bits per heavy atom. The molecular formula is C13H22BrN3. The van der Waals surface area contributed by atoms with E-state index in [1.807, 2.05) is 4.68 Å². The SMILES string of the molecule is CCc1nn(C)c(CC2CCCCCN2)c1Br. The zero-order valence-corrected chi connectivity index (χ0v) is 12.4. The molecule has 0 spiro atoms. The zero-order chi connectivity index (χ0) is 12.3. The molecular weight excluding hydrogens is 278 g/mol. The van der Waals surface area contributed by atoms with Gasteiger partial charge in [-0.15, -0.1) is 0 Å². The van der Waals surface area contributed by atoms with E-state index < -0.39 is 0 Å². The fourth-order valence-electron chi connectivity index (χ4n) is 2.55. The second kappa shape index (κ2) is 6.01. The molecule has 0 saturated carbocycles. The number of halogens is 1. The molecule has 3 nitrogen and oxygen atoms in total. The Hall–Kier alpha value is -0.350. The molecule has 0 aromatic carbocycles. The molecule has 0 aliphatic carbocycles. The summed E-state index contributed by atoms with van der Waals surface area (Å²) in [5.41, 5.74) is 2.51. The lowest BCUT2D eigenvalue weighted by Crippen LogP contribution is -2.31. The van der Waals surface area contributed by atoms with Crippen LogP contribution in [0.4, 0.5) is 0 Å². The van der Waals surface area contributed by atoms with Gasteiger partial charge in [0.05, 0.1) is 15.9 Å². The molecule has 0 amide bonds. The maximum Gasteiger partial charge on any atom is 0.0766 e. The van der Waals surface area contributed by atoms with Gasteiger partial charge in [-0.25, -0.2) is 0 Å². The van der Waals surface area contributed by atoms with E-state index in [0.29, 0.717) is 6.04 Å². The average Bonchev–Trinajstić information content (AvgIpc) is 2.53. The van der Waals surface area contributed by atoms with Crippen LogP contribution in [0.15, 0.2) is 4.47 Å². The lowest BCUT2D eigenvalue weighted by molar-refractivity contribution is 0.491. The van der Waals surface area contributed by atoms with Crippen molar-refractivity contribution in [3.63, 3.8) is 0 Å². The van der Waals surface area contributed by atoms with Gasteiger partial charge >= 0.3 is 0 Å². The smallest absolute Gasteiger partial charge is 0.0766 e. The Labute approximate surface area is 112 Å². The fraction of sp³-hybridized carbons (Fsp3) is 0.769. The first-order valence-electron chi connectivity index (χ1n) is 6.66. The number of hydrogen-bond acceptors (Lipinski definition) is 2. The number of nitrogens with zero attached hydrogens (tertiary/aromatic N) is 2. The Morgan fingerprint density at radius 1 is 1.41 bits per heavy atom. The minimum atomic E-state index is 0.619. The lowest BCUT2D eigenvalue weighted by Gasteiger charge is -2.16. The van der Waals surface area contributed by atoms with Crippen molar-refractivity contribution < 1.29 is 0 Å². The molecule has 1 aromatic rings. The van der Waals surface area contributed by atoms with Crippen LogP contribution < -0.4 is 5.32 Å². The predicted octanol–water partition coefficient (Wildman–Crippen LogP) is 2.82. The van der Waals surface area contributed by atoms with Crippen molar-refractivity contribution in [3.05, 3.63) is 15.9 Å². The van der Waals surface area contributed by atoms with Gasteiger partial charge in [0.25, 0.3) is 0 Å². The van der Waals surface area contributed by atoms with E-state index in [2.05, 4.69) is 40.3 Å². The highest BCUT2D eigenvalue weighted by molar-refractivity contribution is 9.10. The molecule has 1 saturated heterocycles. The average molecular weight is 300 g/mol. The highest BCUT2D eigenvalue weighted by atomic mass is 79.9. The Morgan fingerprint density at radius 2 is 2.24 bits per heavy atom. The normalized spacial score (nSPS) is 21.5. The predicted molar refractivity (Wildman–Crippen MR) is 74.2 cm³/mol. The summed E-state index contributed by atoms with van der Waals surface area (Å²) in [6.07, 6.45) is 7.42. The maximum atomic E-state index is 4.56. The summed E-state index contributed by atoms with van der Waals surface area (Å²) in [4.78, 5) is 0. The molecule has 2 rings (SSSR count). The van der Waals surface area contributed by atoms with Crippen LogP contribution in [0.5, 0.6) is 0 Å². The van der Waals surface area contributed by atoms with Crippen LogP contribution in [0.2, 0.25) is 0 Å². The molecule has 4 heteroatoms. The van der Waals surface area contributed by atoms with Crippen LogP contribution in [0, 0.1) is 0 Å². The molecule has 1 aliphatic rings. The number of aryl methyl sites for hydroxylation is 2. The van der Waals surface area contributed by atoms with Gasteiger partial charge in [0.15, 0.2) is 0 Å². The topological polar surface area (TPSA) is 29.9 Å². The molecule has 17 heavy (non-hydrogen) atoms. The molecule has 1 unspecified atom stereocenters. The number of aromatic nitrogens is 2. The van der Waals surface area contributed by atoms with Crippen LogP contribution >= 0.6 is 15.9 Å². The highest BCUT2D eigenvalue weighted by Crippen LogP contribution is 2.24. The Bertz CT molecular complexity index is 365. The second-order valence-corrected chi connectivity index (χ2v) is 5.68. The Kier molecular flexibility index (Phi) is 4.62. The molecule has 1 aromatic heterocycles. The van der Waals surface area contributed by atoms with Crippen LogP contribution in [-0.4, -0.2) is 22.4 Å². The minimum absolute atomic E-state index is 0.619. The second-order valence-electron chi connectivity index (χ2n) is 4.89. The molecule has 0 radical (unpaired) electrons. The number of nitrogens with one attached hydrogen (secondary N) is 1. The quantitative estimate of drug-likeness (QED) is 0.930. The van der Waals surface area contributed by atoms with Gasteiger partial charge in [0.1, 0.15) is 0 Å². The van der Waals surface area contributed by atoms with Crippen molar-refractivity contribution >= 4 is 15.9 Å². The molecule has 1 aliphatic heterocycles. The molecule has 1 N–H and O–H groups in total. The van der Waals surface area contributed by atoms with E-state index in [0.717, 1.165) is 12.8 Å². The van der Waals surface area contributed by atoms with E-state index in [-0.39, 0.29) is 0 Å². The van der Waals surface area contributed by atoms with Gasteiger partial charge in [-0.2, -0.15) is 5.10 Å². The first-order valence-corrected chi connectivity index (χ1v) is 7.45. The third-order valence-corrected chi connectivity index (χ3v) is 4.52. The van der Waals surface area contributed by atoms with Gasteiger partial charge in [0, 0.05) is 19.5 Å². The summed E-state index contributed by atoms with van der Waals surface area (Å²) in [6, 6.07) is 0.619. The highest BCUT2D eigenvalue weighted by Gasteiger charge is 2.18. The summed E-state index contributed by atoms with van der Waals surface area (Å²) in [7, 11) is 2.05. The van der Waals surface area contributed by atoms with Crippen LogP contribution in [-0.2, 0) is 19.9 Å². The first-order chi connectivity index (χ1) is 8.22. The maximum absolute atomic E-state index is 4.56. The monoisotopic (exact) mass is 299 g/mol. The van der Waals surface area contributed by atoms with Gasteiger partial charge in [-0.1, -0.05) is 19.8 Å². The van der Waals surface area contributed by atoms with E-state index in [1.165, 1.54) is 48.1 Å². The van der Waals surface area contributed by atoms with E-state index in [1.54, 1.807) is 0 Å². The summed E-state index contributed by atoms with van der Waals surface area (Å²) in [6.45, 7) is 3.32. The summed E-state index contributed by atoms with van der Waals surface area (Å²) in [5, 5.41) is 8.21. The minimum Gasteiger partial charge on any atom is -0.314 e.